The van der Waals surface area contributed by atoms with Crippen LogP contribution in [-0.2, 0) is 0 Å². The first-order valence-corrected chi connectivity index (χ1v) is 13.2. The number of phenols is 1. The second-order valence-corrected chi connectivity index (χ2v) is 10.8. The van der Waals surface area contributed by atoms with E-state index in [2.05, 4.69) is 4.90 Å². The van der Waals surface area contributed by atoms with Gasteiger partial charge < -0.3 is 14.7 Å². The largest absolute Gasteiger partial charge is 0.508 e. The van der Waals surface area contributed by atoms with E-state index >= 15 is 0 Å². The van der Waals surface area contributed by atoms with Crippen LogP contribution in [-0.4, -0.2) is 48.7 Å². The third kappa shape index (κ3) is 5.12. The Morgan fingerprint density at radius 1 is 1.14 bits per heavy atom. The fourth-order valence-corrected chi connectivity index (χ4v) is 6.03. The van der Waals surface area contributed by atoms with E-state index in [0.29, 0.717) is 22.1 Å². The van der Waals surface area contributed by atoms with Crippen molar-refractivity contribution in [3.63, 3.8) is 0 Å². The summed E-state index contributed by atoms with van der Waals surface area (Å²) >= 11 is 7.57. The highest BCUT2D eigenvalue weighted by Crippen LogP contribution is 2.42. The molecule has 2 heterocycles. The van der Waals surface area contributed by atoms with E-state index in [1.807, 2.05) is 43.3 Å². The van der Waals surface area contributed by atoms with Crippen LogP contribution in [0.5, 0.6) is 11.5 Å². The number of carbonyl (C=O) groups excluding carboxylic acids is 1. The number of alkyl halides is 1. The normalized spacial score (nSPS) is 14.2. The minimum absolute atomic E-state index is 0.0907. The zero-order chi connectivity index (χ0) is 25.2. The first-order valence-electron chi connectivity index (χ1n) is 12.0. The van der Waals surface area contributed by atoms with Crippen LogP contribution < -0.4 is 4.74 Å². The van der Waals surface area contributed by atoms with Gasteiger partial charge in [0.2, 0.25) is 5.78 Å². The molecular formula is C29H27ClFNO3S. The number of aromatic hydroxyl groups is 1. The van der Waals surface area contributed by atoms with Crippen LogP contribution in [0.1, 0.15) is 27.2 Å². The van der Waals surface area contributed by atoms with Crippen LogP contribution in [0, 0.1) is 12.8 Å². The number of rotatable bonds is 9. The Bertz CT molecular complexity index is 1400. The fourth-order valence-electron chi connectivity index (χ4n) is 4.65. The molecule has 0 amide bonds. The molecule has 0 spiro atoms. The van der Waals surface area contributed by atoms with Gasteiger partial charge in [0.25, 0.3) is 0 Å². The quantitative estimate of drug-likeness (QED) is 0.187. The van der Waals surface area contributed by atoms with E-state index in [4.69, 9.17) is 16.3 Å². The van der Waals surface area contributed by atoms with Gasteiger partial charge in [0, 0.05) is 51.8 Å². The van der Waals surface area contributed by atoms with Gasteiger partial charge in [-0.2, -0.15) is 0 Å². The molecule has 186 valence electrons. The first-order chi connectivity index (χ1) is 17.4. The Balaban J connectivity index is 1.38. The predicted octanol–water partition coefficient (Wildman–Crippen LogP) is 7.14. The molecule has 0 radical (unpaired) electrons. The van der Waals surface area contributed by atoms with Crippen LogP contribution >= 0.6 is 22.9 Å². The van der Waals surface area contributed by atoms with E-state index in [9.17, 15) is 14.3 Å². The lowest BCUT2D eigenvalue weighted by Crippen LogP contribution is -2.48. The number of benzene rings is 3. The summed E-state index contributed by atoms with van der Waals surface area (Å²) < 4.78 is 19.3. The van der Waals surface area contributed by atoms with Gasteiger partial charge in [-0.05, 0) is 66.9 Å². The molecule has 1 aromatic heterocycles. The number of thiophene rings is 1. The molecule has 7 heteroatoms. The number of fused-ring (bicyclic) bond motifs is 1. The summed E-state index contributed by atoms with van der Waals surface area (Å²) in [4.78, 5) is 16.5. The summed E-state index contributed by atoms with van der Waals surface area (Å²) in [5.74, 6) is 1.04. The number of likely N-dealkylation sites (tertiary alicyclic amines) is 1. The standard InChI is InChI=1S/C29H27ClFNO3S/c1-18-3-6-21(30)13-25(18)28(34)29-27(24-10-7-22(33)14-26(24)36-29)20-4-8-23(9-5-20)35-12-2-11-32-16-19(15-31)17-32/h3-10,13-14,19,33H,2,11-12,15-17H2,1H3. The van der Waals surface area contributed by atoms with E-state index in [1.165, 1.54) is 11.3 Å². The average molecular weight is 524 g/mol. The highest BCUT2D eigenvalue weighted by molar-refractivity contribution is 7.21. The Morgan fingerprint density at radius 2 is 1.92 bits per heavy atom. The maximum absolute atomic E-state index is 13.7. The second kappa shape index (κ2) is 10.6. The first kappa shape index (κ1) is 24.8. The zero-order valence-corrected chi connectivity index (χ0v) is 21.5. The van der Waals surface area contributed by atoms with Crippen molar-refractivity contribution in [3.8, 4) is 22.6 Å². The van der Waals surface area contributed by atoms with Crippen LogP contribution in [0.2, 0.25) is 5.02 Å². The number of ether oxygens (including phenoxy) is 1. The van der Waals surface area contributed by atoms with Gasteiger partial charge >= 0.3 is 0 Å². The Kier molecular flexibility index (Phi) is 7.28. The monoisotopic (exact) mass is 523 g/mol. The smallest absolute Gasteiger partial charge is 0.203 e. The van der Waals surface area contributed by atoms with Gasteiger partial charge in [0.1, 0.15) is 11.5 Å². The Hall–Kier alpha value is -2.93. The highest BCUT2D eigenvalue weighted by atomic mass is 35.5. The molecule has 0 unspecified atom stereocenters. The van der Waals surface area contributed by atoms with Crippen LogP contribution in [0.25, 0.3) is 21.2 Å². The lowest BCUT2D eigenvalue weighted by Gasteiger charge is -2.37. The van der Waals surface area contributed by atoms with Gasteiger partial charge in [0.15, 0.2) is 0 Å². The average Bonchev–Trinajstić information content (AvgIpc) is 3.22. The van der Waals surface area contributed by atoms with Crippen LogP contribution in [0.4, 0.5) is 4.39 Å². The number of hydrogen-bond donors (Lipinski definition) is 1. The predicted molar refractivity (Wildman–Crippen MR) is 145 cm³/mol. The van der Waals surface area contributed by atoms with Crippen molar-refractivity contribution in [2.45, 2.75) is 13.3 Å². The summed E-state index contributed by atoms with van der Waals surface area (Å²) in [5.41, 5.74) is 3.17. The van der Waals surface area contributed by atoms with E-state index in [-0.39, 0.29) is 24.1 Å². The van der Waals surface area contributed by atoms with Crippen molar-refractivity contribution >= 4 is 38.8 Å². The van der Waals surface area contributed by atoms with Gasteiger partial charge in [-0.15, -0.1) is 11.3 Å². The zero-order valence-electron chi connectivity index (χ0n) is 20.0. The maximum atomic E-state index is 13.7. The summed E-state index contributed by atoms with van der Waals surface area (Å²) in [7, 11) is 0. The summed E-state index contributed by atoms with van der Waals surface area (Å²) in [6.07, 6.45) is 0.886. The Morgan fingerprint density at radius 3 is 2.67 bits per heavy atom. The number of aryl methyl sites for hydroxylation is 1. The molecule has 5 rings (SSSR count). The van der Waals surface area contributed by atoms with E-state index in [0.717, 1.165) is 58.6 Å². The maximum Gasteiger partial charge on any atom is 0.203 e. The molecule has 1 aliphatic rings. The van der Waals surface area contributed by atoms with Crippen molar-refractivity contribution in [2.75, 3.05) is 32.9 Å². The topological polar surface area (TPSA) is 49.8 Å². The van der Waals surface area contributed by atoms with Crippen LogP contribution in [0.3, 0.4) is 0 Å². The van der Waals surface area contributed by atoms with Crippen molar-refractivity contribution in [3.05, 3.63) is 81.7 Å². The fraction of sp³-hybridized carbons (Fsp3) is 0.276. The van der Waals surface area contributed by atoms with Crippen molar-refractivity contribution in [1.29, 1.82) is 0 Å². The number of ketones is 1. The number of hydrogen-bond acceptors (Lipinski definition) is 5. The molecule has 0 saturated carbocycles. The van der Waals surface area contributed by atoms with Crippen molar-refractivity contribution < 1.29 is 19.0 Å². The minimum atomic E-state index is -0.230. The van der Waals surface area contributed by atoms with E-state index < -0.39 is 0 Å². The molecule has 4 nitrogen and oxygen atoms in total. The third-order valence-electron chi connectivity index (χ3n) is 6.61. The molecule has 36 heavy (non-hydrogen) atoms. The summed E-state index contributed by atoms with van der Waals surface area (Å²) in [6.45, 7) is 4.85. The number of phenolic OH excluding ortho intramolecular Hbond substituents is 1. The molecule has 1 saturated heterocycles. The van der Waals surface area contributed by atoms with Crippen LogP contribution in [0.15, 0.2) is 60.7 Å². The van der Waals surface area contributed by atoms with Gasteiger partial charge in [-0.1, -0.05) is 29.8 Å². The lowest BCUT2D eigenvalue weighted by atomic mass is 9.96. The summed E-state index contributed by atoms with van der Waals surface area (Å²) in [5, 5.41) is 11.5. The third-order valence-corrected chi connectivity index (χ3v) is 7.99. The van der Waals surface area contributed by atoms with E-state index in [1.54, 1.807) is 24.3 Å². The summed E-state index contributed by atoms with van der Waals surface area (Å²) in [6, 6.07) is 18.3. The molecule has 1 N–H and O–H groups in total. The number of nitrogens with zero attached hydrogens (tertiary/aromatic N) is 1. The second-order valence-electron chi connectivity index (χ2n) is 9.28. The van der Waals surface area contributed by atoms with Gasteiger partial charge in [-0.3, -0.25) is 9.18 Å². The minimum Gasteiger partial charge on any atom is -0.508 e. The number of halogens is 2. The highest BCUT2D eigenvalue weighted by Gasteiger charge is 2.26. The Labute approximate surface area is 218 Å². The SMILES string of the molecule is Cc1ccc(Cl)cc1C(=O)c1sc2cc(O)ccc2c1-c1ccc(OCCCN2CC(CF)C2)cc1. The molecular weight excluding hydrogens is 497 g/mol. The molecule has 0 aliphatic carbocycles. The lowest BCUT2D eigenvalue weighted by molar-refractivity contribution is 0.0755. The molecule has 1 aliphatic heterocycles. The molecule has 4 aromatic rings. The molecule has 3 aromatic carbocycles. The molecule has 0 atom stereocenters. The van der Waals surface area contributed by atoms with Crippen molar-refractivity contribution in [1.82, 2.24) is 4.90 Å². The number of carbonyl (C=O) groups is 1. The molecule has 1 fully saturated rings. The van der Waals surface area contributed by atoms with Gasteiger partial charge in [0.05, 0.1) is 18.2 Å². The molecule has 0 bridgehead atoms. The van der Waals surface area contributed by atoms with Gasteiger partial charge in [-0.25, -0.2) is 0 Å². The van der Waals surface area contributed by atoms with Crippen molar-refractivity contribution in [2.24, 2.45) is 5.92 Å².